The van der Waals surface area contributed by atoms with Gasteiger partial charge in [-0.25, -0.2) is 21.9 Å². The smallest absolute Gasteiger partial charge is 0.240 e. The van der Waals surface area contributed by atoms with Crippen molar-refractivity contribution in [1.29, 1.82) is 0 Å². The van der Waals surface area contributed by atoms with Crippen LogP contribution in [0.3, 0.4) is 0 Å². The largest absolute Gasteiger partial charge is 0.352 e. The van der Waals surface area contributed by atoms with Crippen LogP contribution >= 0.6 is 24.0 Å². The Morgan fingerprint density at radius 2 is 1.72 bits per heavy atom. The summed E-state index contributed by atoms with van der Waals surface area (Å²) in [7, 11) is -1.90. The third-order valence-electron chi connectivity index (χ3n) is 4.27. The van der Waals surface area contributed by atoms with Crippen molar-refractivity contribution in [3.05, 3.63) is 65.2 Å². The van der Waals surface area contributed by atoms with Crippen molar-refractivity contribution in [3.8, 4) is 0 Å². The van der Waals surface area contributed by atoms with E-state index in [1.54, 1.807) is 31.3 Å². The van der Waals surface area contributed by atoms with Crippen molar-refractivity contribution < 1.29 is 17.2 Å². The molecule has 3 rings (SSSR count). The zero-order valence-electron chi connectivity index (χ0n) is 15.8. The van der Waals surface area contributed by atoms with Crippen molar-refractivity contribution >= 4 is 40.0 Å². The third kappa shape index (κ3) is 6.89. The normalized spacial score (nSPS) is 14.2. The average molecular weight is 536 g/mol. The van der Waals surface area contributed by atoms with Gasteiger partial charge in [-0.15, -0.1) is 24.0 Å². The first-order valence-corrected chi connectivity index (χ1v) is 10.4. The van der Waals surface area contributed by atoms with Gasteiger partial charge >= 0.3 is 0 Å². The van der Waals surface area contributed by atoms with Crippen LogP contribution in [0, 0.1) is 11.6 Å². The van der Waals surface area contributed by atoms with Crippen LogP contribution in [0.2, 0.25) is 0 Å². The first-order chi connectivity index (χ1) is 13.4. The standard InChI is InChI=1S/C19H22F2N4O2S.HI/c1-22-19(24-12-14-10-15(20)4-9-18(14)21)23-11-13-2-7-17(8-3-13)28(26,27)25-16-5-6-16;/h2-4,7-10,16,25H,5-6,11-12H2,1H3,(H2,22,23,24);1H. The lowest BCUT2D eigenvalue weighted by atomic mass is 10.2. The SMILES string of the molecule is CN=C(NCc1ccc(S(=O)(=O)NC2CC2)cc1)NCc1cc(F)ccc1F.I. The molecule has 0 atom stereocenters. The second-order valence-corrected chi connectivity index (χ2v) is 8.27. The van der Waals surface area contributed by atoms with E-state index in [0.717, 1.165) is 36.6 Å². The summed E-state index contributed by atoms with van der Waals surface area (Å²) in [6.45, 7) is 0.467. The van der Waals surface area contributed by atoms with Gasteiger partial charge in [0.05, 0.1) is 4.90 Å². The molecule has 0 bridgehead atoms. The maximum atomic E-state index is 13.7. The molecule has 29 heavy (non-hydrogen) atoms. The molecule has 6 nitrogen and oxygen atoms in total. The summed E-state index contributed by atoms with van der Waals surface area (Å²) in [5.74, 6) is -0.593. The number of benzene rings is 2. The minimum atomic E-state index is -3.47. The van der Waals surface area contributed by atoms with Crippen LogP contribution in [0.15, 0.2) is 52.4 Å². The zero-order valence-corrected chi connectivity index (χ0v) is 18.9. The minimum Gasteiger partial charge on any atom is -0.352 e. The highest BCUT2D eigenvalue weighted by molar-refractivity contribution is 14.0. The van der Waals surface area contributed by atoms with Gasteiger partial charge in [0, 0.05) is 31.7 Å². The van der Waals surface area contributed by atoms with Crippen molar-refractivity contribution in [2.75, 3.05) is 7.05 Å². The molecule has 1 aliphatic carbocycles. The molecule has 0 aliphatic heterocycles. The van der Waals surface area contributed by atoms with Crippen LogP contribution in [0.5, 0.6) is 0 Å². The van der Waals surface area contributed by atoms with Crippen LogP contribution in [0.25, 0.3) is 0 Å². The Morgan fingerprint density at radius 1 is 1.07 bits per heavy atom. The summed E-state index contributed by atoms with van der Waals surface area (Å²) in [4.78, 5) is 4.27. The third-order valence-corrected chi connectivity index (χ3v) is 5.81. The van der Waals surface area contributed by atoms with Gasteiger partial charge < -0.3 is 10.6 Å². The number of hydrogen-bond donors (Lipinski definition) is 3. The molecule has 2 aromatic carbocycles. The molecule has 0 amide bonds. The Balaban J connectivity index is 0.00000300. The van der Waals surface area contributed by atoms with Crippen LogP contribution < -0.4 is 15.4 Å². The monoisotopic (exact) mass is 536 g/mol. The molecule has 0 radical (unpaired) electrons. The summed E-state index contributed by atoms with van der Waals surface area (Å²) in [6.07, 6.45) is 1.76. The Hall–Kier alpha value is -1.79. The highest BCUT2D eigenvalue weighted by atomic mass is 127. The van der Waals surface area contributed by atoms with Crippen molar-refractivity contribution in [2.24, 2.45) is 4.99 Å². The number of hydrogen-bond acceptors (Lipinski definition) is 3. The van der Waals surface area contributed by atoms with Crippen molar-refractivity contribution in [3.63, 3.8) is 0 Å². The maximum Gasteiger partial charge on any atom is 0.240 e. The summed E-state index contributed by atoms with van der Waals surface area (Å²) >= 11 is 0. The lowest BCUT2D eigenvalue weighted by Crippen LogP contribution is -2.36. The topological polar surface area (TPSA) is 82.6 Å². The van der Waals surface area contributed by atoms with E-state index in [0.29, 0.717) is 12.5 Å². The summed E-state index contributed by atoms with van der Waals surface area (Å²) in [5.41, 5.74) is 1.05. The fourth-order valence-corrected chi connectivity index (χ4v) is 3.84. The van der Waals surface area contributed by atoms with Gasteiger partial charge in [0.25, 0.3) is 0 Å². The summed E-state index contributed by atoms with van der Waals surface area (Å²) in [6, 6.07) is 9.88. The molecule has 1 aliphatic rings. The molecule has 10 heteroatoms. The number of rotatable bonds is 7. The highest BCUT2D eigenvalue weighted by Gasteiger charge is 2.27. The lowest BCUT2D eigenvalue weighted by molar-refractivity contribution is 0.580. The second kappa shape index (κ2) is 10.3. The molecule has 0 unspecified atom stereocenters. The quantitative estimate of drug-likeness (QED) is 0.289. The minimum absolute atomic E-state index is 0. The van der Waals surface area contributed by atoms with E-state index in [1.165, 1.54) is 0 Å². The van der Waals surface area contributed by atoms with Crippen LogP contribution in [0.1, 0.15) is 24.0 Å². The van der Waals surface area contributed by atoms with Gasteiger partial charge in [0.15, 0.2) is 5.96 Å². The van der Waals surface area contributed by atoms with Crippen molar-refractivity contribution in [1.82, 2.24) is 15.4 Å². The molecule has 1 fully saturated rings. The second-order valence-electron chi connectivity index (χ2n) is 6.55. The van der Waals surface area contributed by atoms with E-state index in [1.807, 2.05) is 0 Å². The summed E-state index contributed by atoms with van der Waals surface area (Å²) < 4.78 is 53.9. The predicted octanol–water partition coefficient (Wildman–Crippen LogP) is 2.89. The summed E-state index contributed by atoms with van der Waals surface area (Å²) in [5, 5.41) is 5.96. The molecular formula is C19H23F2IN4O2S. The molecular weight excluding hydrogens is 513 g/mol. The van der Waals surface area contributed by atoms with E-state index in [2.05, 4.69) is 20.3 Å². The van der Waals surface area contributed by atoms with Crippen LogP contribution in [-0.2, 0) is 23.1 Å². The number of nitrogens with zero attached hydrogens (tertiary/aromatic N) is 1. The average Bonchev–Trinajstić information content (AvgIpc) is 3.48. The fourth-order valence-electron chi connectivity index (χ4n) is 2.54. The predicted molar refractivity (Wildman–Crippen MR) is 119 cm³/mol. The molecule has 0 aromatic heterocycles. The Kier molecular flexibility index (Phi) is 8.34. The van der Waals surface area contributed by atoms with Gasteiger partial charge in [-0.1, -0.05) is 12.1 Å². The van der Waals surface area contributed by atoms with E-state index in [9.17, 15) is 17.2 Å². The van der Waals surface area contributed by atoms with Gasteiger partial charge in [-0.3, -0.25) is 4.99 Å². The van der Waals surface area contributed by atoms with Crippen LogP contribution in [-0.4, -0.2) is 27.5 Å². The van der Waals surface area contributed by atoms with E-state index in [4.69, 9.17) is 0 Å². The first kappa shape index (κ1) is 23.5. The number of halogens is 3. The zero-order chi connectivity index (χ0) is 20.1. The Bertz CT molecular complexity index is 965. The van der Waals surface area contributed by atoms with Gasteiger partial charge in [0.1, 0.15) is 11.6 Å². The number of nitrogens with one attached hydrogen (secondary N) is 3. The van der Waals surface area contributed by atoms with Crippen molar-refractivity contribution in [2.45, 2.75) is 36.9 Å². The first-order valence-electron chi connectivity index (χ1n) is 8.87. The molecule has 2 aromatic rings. The van der Waals surface area contributed by atoms with E-state index < -0.39 is 21.7 Å². The van der Waals surface area contributed by atoms with Gasteiger partial charge in [-0.05, 0) is 48.7 Å². The molecule has 0 saturated heterocycles. The number of guanidine groups is 1. The maximum absolute atomic E-state index is 13.7. The Morgan fingerprint density at radius 3 is 2.34 bits per heavy atom. The van der Waals surface area contributed by atoms with Gasteiger partial charge in [-0.2, -0.15) is 0 Å². The Labute approximate surface area is 186 Å². The lowest BCUT2D eigenvalue weighted by Gasteiger charge is -2.13. The van der Waals surface area contributed by atoms with E-state index >= 15 is 0 Å². The number of aliphatic imine (C=N–C) groups is 1. The molecule has 1 saturated carbocycles. The number of sulfonamides is 1. The van der Waals surface area contributed by atoms with E-state index in [-0.39, 0.29) is 47.0 Å². The molecule has 0 spiro atoms. The highest BCUT2D eigenvalue weighted by Crippen LogP contribution is 2.22. The fraction of sp³-hybridized carbons (Fsp3) is 0.316. The molecule has 3 N–H and O–H groups in total. The molecule has 0 heterocycles. The van der Waals surface area contributed by atoms with Gasteiger partial charge in [0.2, 0.25) is 10.0 Å². The molecule has 158 valence electrons. The van der Waals surface area contributed by atoms with Crippen LogP contribution in [0.4, 0.5) is 8.78 Å².